The monoisotopic (exact) mass is 299 g/mol. The van der Waals surface area contributed by atoms with Gasteiger partial charge in [-0.1, -0.05) is 6.07 Å². The van der Waals surface area contributed by atoms with Crippen LogP contribution in [-0.2, 0) is 11.3 Å². The number of benzene rings is 1. The number of carbonyl (C=O) groups is 1. The number of carbonyl (C=O) groups excluding carboxylic acids is 1. The number of hydrogen-bond donors (Lipinski definition) is 3. The Morgan fingerprint density at radius 2 is 2.14 bits per heavy atom. The highest BCUT2D eigenvalue weighted by molar-refractivity contribution is 6.02. The molecular weight excluding hydrogens is 286 g/mol. The standard InChI is InChI=1S/C14H13N5O3/c20-11-5-16-14-12(19-11)13(17-6-18-14)15-4-8-1-2-9-10(3-8)22-7-21-9/h1-3,6H,4-5,7H2,(H,19,20)(H2,15,16,17,18). The number of nitrogens with one attached hydrogen (secondary N) is 3. The number of amides is 1. The zero-order valence-corrected chi connectivity index (χ0v) is 11.5. The highest BCUT2D eigenvalue weighted by Crippen LogP contribution is 2.33. The molecule has 8 nitrogen and oxygen atoms in total. The van der Waals surface area contributed by atoms with Gasteiger partial charge < -0.3 is 25.4 Å². The van der Waals surface area contributed by atoms with Crippen molar-refractivity contribution in [2.45, 2.75) is 6.54 Å². The Morgan fingerprint density at radius 3 is 3.09 bits per heavy atom. The van der Waals surface area contributed by atoms with Gasteiger partial charge in [0, 0.05) is 6.54 Å². The van der Waals surface area contributed by atoms with Crippen molar-refractivity contribution in [2.75, 3.05) is 29.3 Å². The summed E-state index contributed by atoms with van der Waals surface area (Å²) >= 11 is 0. The van der Waals surface area contributed by atoms with Gasteiger partial charge in [0.15, 0.2) is 23.1 Å². The molecule has 2 aliphatic rings. The van der Waals surface area contributed by atoms with E-state index in [-0.39, 0.29) is 19.2 Å². The molecule has 0 unspecified atom stereocenters. The van der Waals surface area contributed by atoms with Crippen molar-refractivity contribution >= 4 is 23.2 Å². The van der Waals surface area contributed by atoms with Crippen molar-refractivity contribution in [1.29, 1.82) is 0 Å². The van der Waals surface area contributed by atoms with E-state index in [0.29, 0.717) is 23.9 Å². The van der Waals surface area contributed by atoms with Gasteiger partial charge in [-0.05, 0) is 17.7 Å². The number of rotatable bonds is 3. The summed E-state index contributed by atoms with van der Waals surface area (Å²) in [6, 6.07) is 5.74. The van der Waals surface area contributed by atoms with Crippen LogP contribution in [-0.4, -0.2) is 29.2 Å². The van der Waals surface area contributed by atoms with E-state index in [0.717, 1.165) is 17.1 Å². The molecule has 2 aromatic rings. The summed E-state index contributed by atoms with van der Waals surface area (Å²) in [6.45, 7) is 1.00. The van der Waals surface area contributed by atoms with Crippen LogP contribution in [0.3, 0.4) is 0 Å². The first-order chi connectivity index (χ1) is 10.8. The minimum Gasteiger partial charge on any atom is -0.454 e. The number of nitrogens with zero attached hydrogens (tertiary/aromatic N) is 2. The molecule has 1 amide bonds. The quantitative estimate of drug-likeness (QED) is 0.783. The normalized spacial score (nSPS) is 14.8. The third-order valence-corrected chi connectivity index (χ3v) is 3.43. The predicted molar refractivity (Wildman–Crippen MR) is 79.0 cm³/mol. The fraction of sp³-hybridized carbons (Fsp3) is 0.214. The molecule has 0 atom stereocenters. The second kappa shape index (κ2) is 5.06. The Hall–Kier alpha value is -3.03. The molecule has 0 aliphatic carbocycles. The molecule has 4 rings (SSSR count). The van der Waals surface area contributed by atoms with Crippen molar-refractivity contribution < 1.29 is 14.3 Å². The lowest BCUT2D eigenvalue weighted by Gasteiger charge is -2.20. The van der Waals surface area contributed by atoms with Gasteiger partial charge >= 0.3 is 0 Å². The van der Waals surface area contributed by atoms with Crippen molar-refractivity contribution in [3.8, 4) is 11.5 Å². The minimum absolute atomic E-state index is 0.117. The SMILES string of the molecule is O=C1CNc2ncnc(NCc3ccc4c(c3)OCO4)c2N1. The van der Waals surface area contributed by atoms with Crippen molar-refractivity contribution in [3.05, 3.63) is 30.1 Å². The highest BCUT2D eigenvalue weighted by Gasteiger charge is 2.19. The molecule has 3 N–H and O–H groups in total. The molecule has 0 saturated heterocycles. The molecule has 0 saturated carbocycles. The van der Waals surface area contributed by atoms with E-state index in [4.69, 9.17) is 9.47 Å². The largest absolute Gasteiger partial charge is 0.454 e. The van der Waals surface area contributed by atoms with Gasteiger partial charge in [0.05, 0.1) is 6.54 Å². The Balaban J connectivity index is 1.53. The van der Waals surface area contributed by atoms with Gasteiger partial charge in [0.25, 0.3) is 0 Å². The third kappa shape index (κ3) is 2.24. The van der Waals surface area contributed by atoms with Gasteiger partial charge in [-0.25, -0.2) is 9.97 Å². The maximum absolute atomic E-state index is 11.5. The summed E-state index contributed by atoms with van der Waals surface area (Å²) in [5.74, 6) is 2.55. The number of aromatic nitrogens is 2. The van der Waals surface area contributed by atoms with Gasteiger partial charge in [-0.15, -0.1) is 0 Å². The first-order valence-electron chi connectivity index (χ1n) is 6.81. The van der Waals surface area contributed by atoms with Crippen LogP contribution in [0.25, 0.3) is 0 Å². The van der Waals surface area contributed by atoms with E-state index in [2.05, 4.69) is 25.9 Å². The van der Waals surface area contributed by atoms with Crippen LogP contribution in [0.5, 0.6) is 11.5 Å². The maximum Gasteiger partial charge on any atom is 0.243 e. The average molecular weight is 299 g/mol. The van der Waals surface area contributed by atoms with Crippen LogP contribution in [0.2, 0.25) is 0 Å². The van der Waals surface area contributed by atoms with Gasteiger partial charge in [-0.3, -0.25) is 4.79 Å². The summed E-state index contributed by atoms with van der Waals surface area (Å²) in [4.78, 5) is 19.8. The molecule has 2 aliphatic heterocycles. The van der Waals surface area contributed by atoms with Crippen molar-refractivity contribution in [1.82, 2.24) is 9.97 Å². The van der Waals surface area contributed by atoms with Crippen LogP contribution in [0, 0.1) is 0 Å². The Morgan fingerprint density at radius 1 is 1.23 bits per heavy atom. The molecule has 3 heterocycles. The van der Waals surface area contributed by atoms with Crippen molar-refractivity contribution in [3.63, 3.8) is 0 Å². The minimum atomic E-state index is -0.117. The van der Waals surface area contributed by atoms with Gasteiger partial charge in [0.1, 0.15) is 12.0 Å². The van der Waals surface area contributed by atoms with E-state index < -0.39 is 0 Å². The molecule has 0 bridgehead atoms. The smallest absolute Gasteiger partial charge is 0.243 e. The van der Waals surface area contributed by atoms with E-state index >= 15 is 0 Å². The van der Waals surface area contributed by atoms with Crippen molar-refractivity contribution in [2.24, 2.45) is 0 Å². The third-order valence-electron chi connectivity index (χ3n) is 3.43. The van der Waals surface area contributed by atoms with Crippen LogP contribution < -0.4 is 25.4 Å². The number of fused-ring (bicyclic) bond motifs is 2. The summed E-state index contributed by atoms with van der Waals surface area (Å²) in [5, 5.41) is 8.92. The fourth-order valence-corrected chi connectivity index (χ4v) is 2.36. The van der Waals surface area contributed by atoms with Crippen LogP contribution in [0.4, 0.5) is 17.3 Å². The first-order valence-corrected chi connectivity index (χ1v) is 6.81. The molecule has 0 radical (unpaired) electrons. The average Bonchev–Trinajstić information content (AvgIpc) is 3.00. The Bertz CT molecular complexity index is 749. The summed E-state index contributed by atoms with van der Waals surface area (Å²) < 4.78 is 10.6. The molecule has 0 spiro atoms. The highest BCUT2D eigenvalue weighted by atomic mass is 16.7. The van der Waals surface area contributed by atoms with Crippen LogP contribution in [0.15, 0.2) is 24.5 Å². The zero-order valence-electron chi connectivity index (χ0n) is 11.5. The van der Waals surface area contributed by atoms with Gasteiger partial charge in [0.2, 0.25) is 12.7 Å². The van der Waals surface area contributed by atoms with E-state index in [1.54, 1.807) is 0 Å². The van der Waals surface area contributed by atoms with E-state index in [9.17, 15) is 4.79 Å². The summed E-state index contributed by atoms with van der Waals surface area (Å²) in [7, 11) is 0. The second-order valence-corrected chi connectivity index (χ2v) is 4.89. The Kier molecular flexibility index (Phi) is 2.92. The lowest BCUT2D eigenvalue weighted by molar-refractivity contribution is -0.114. The molecule has 1 aromatic heterocycles. The summed E-state index contributed by atoms with van der Waals surface area (Å²) in [6.07, 6.45) is 1.45. The van der Waals surface area contributed by atoms with E-state index in [1.165, 1.54) is 6.33 Å². The molecule has 22 heavy (non-hydrogen) atoms. The lowest BCUT2D eigenvalue weighted by atomic mass is 10.2. The molecule has 1 aromatic carbocycles. The molecular formula is C14H13N5O3. The predicted octanol–water partition coefficient (Wildman–Crippen LogP) is 1.18. The fourth-order valence-electron chi connectivity index (χ4n) is 2.36. The lowest BCUT2D eigenvalue weighted by Crippen LogP contribution is -2.29. The van der Waals surface area contributed by atoms with Crippen LogP contribution >= 0.6 is 0 Å². The second-order valence-electron chi connectivity index (χ2n) is 4.89. The van der Waals surface area contributed by atoms with E-state index in [1.807, 2.05) is 18.2 Å². The van der Waals surface area contributed by atoms with Crippen LogP contribution in [0.1, 0.15) is 5.56 Å². The summed E-state index contributed by atoms with van der Waals surface area (Å²) in [5.41, 5.74) is 1.59. The topological polar surface area (TPSA) is 97.4 Å². The maximum atomic E-state index is 11.5. The molecule has 112 valence electrons. The zero-order chi connectivity index (χ0) is 14.9. The number of anilines is 3. The van der Waals surface area contributed by atoms with Gasteiger partial charge in [-0.2, -0.15) is 0 Å². The number of hydrogen-bond acceptors (Lipinski definition) is 7. The first kappa shape index (κ1) is 12.7. The number of ether oxygens (including phenoxy) is 2. The molecule has 0 fully saturated rings. The Labute approximate surface area is 125 Å². The molecule has 8 heteroatoms.